The number of rotatable bonds is 4. The van der Waals surface area contributed by atoms with E-state index < -0.39 is 11.8 Å². The van der Waals surface area contributed by atoms with Crippen LogP contribution < -0.4 is 0 Å². The number of hydrogen-bond donors (Lipinski definition) is 1. The van der Waals surface area contributed by atoms with Crippen molar-refractivity contribution in [3.63, 3.8) is 0 Å². The van der Waals surface area contributed by atoms with Gasteiger partial charge in [-0.05, 0) is 23.6 Å². The van der Waals surface area contributed by atoms with Gasteiger partial charge in [-0.15, -0.1) is 0 Å². The van der Waals surface area contributed by atoms with Crippen LogP contribution in [0.2, 0.25) is 0 Å². The Balaban J connectivity index is 2.23. The molecule has 0 atom stereocenters. The molecule has 2 aromatic rings. The Morgan fingerprint density at radius 3 is 2.22 bits per heavy atom. The number of Topliss-reactive ketones (excluding diaryl/α,β-unsaturated/α-hetero) is 1. The van der Waals surface area contributed by atoms with E-state index >= 15 is 0 Å². The molecule has 3 heteroatoms. The van der Waals surface area contributed by atoms with Gasteiger partial charge in [-0.2, -0.15) is 0 Å². The highest BCUT2D eigenvalue weighted by Crippen LogP contribution is 2.12. The largest absolute Gasteiger partial charge is 0.475 e. The lowest BCUT2D eigenvalue weighted by atomic mass is 10.0. The van der Waals surface area contributed by atoms with Crippen molar-refractivity contribution in [3.8, 4) is 0 Å². The average Bonchev–Trinajstić information content (AvgIpc) is 2.39. The standard InChI is InChI=1S/C15H12O3/c16-14(15(17)18)13-8-4-7-12(10-13)9-11-5-2-1-3-6-11/h1-8,10H,9H2,(H,17,18). The molecule has 0 bridgehead atoms. The fourth-order valence-corrected chi connectivity index (χ4v) is 1.78. The highest BCUT2D eigenvalue weighted by atomic mass is 16.4. The normalized spacial score (nSPS) is 10.0. The minimum absolute atomic E-state index is 0.218. The summed E-state index contributed by atoms with van der Waals surface area (Å²) in [6.07, 6.45) is 0.682. The van der Waals surface area contributed by atoms with Crippen molar-refractivity contribution in [1.82, 2.24) is 0 Å². The third kappa shape index (κ3) is 2.83. The zero-order chi connectivity index (χ0) is 13.0. The predicted molar refractivity (Wildman–Crippen MR) is 67.7 cm³/mol. The predicted octanol–water partition coefficient (Wildman–Crippen LogP) is 2.54. The van der Waals surface area contributed by atoms with E-state index in [1.165, 1.54) is 6.07 Å². The first-order chi connectivity index (χ1) is 8.66. The summed E-state index contributed by atoms with van der Waals surface area (Å²) in [7, 11) is 0. The first-order valence-corrected chi connectivity index (χ1v) is 5.57. The number of hydrogen-bond acceptors (Lipinski definition) is 2. The molecule has 0 saturated carbocycles. The van der Waals surface area contributed by atoms with Gasteiger partial charge >= 0.3 is 5.97 Å². The van der Waals surface area contributed by atoms with Crippen LogP contribution in [0.3, 0.4) is 0 Å². The van der Waals surface area contributed by atoms with Crippen LogP contribution in [0.5, 0.6) is 0 Å². The first-order valence-electron chi connectivity index (χ1n) is 5.57. The van der Waals surface area contributed by atoms with Crippen LogP contribution in [0.1, 0.15) is 21.5 Å². The van der Waals surface area contributed by atoms with Gasteiger partial charge in [0.1, 0.15) is 0 Å². The van der Waals surface area contributed by atoms with Gasteiger partial charge in [0.2, 0.25) is 0 Å². The summed E-state index contributed by atoms with van der Waals surface area (Å²) in [6, 6.07) is 16.5. The highest BCUT2D eigenvalue weighted by Gasteiger charge is 2.14. The van der Waals surface area contributed by atoms with E-state index in [2.05, 4.69) is 0 Å². The molecule has 0 amide bonds. The van der Waals surface area contributed by atoms with E-state index in [9.17, 15) is 9.59 Å². The zero-order valence-electron chi connectivity index (χ0n) is 9.67. The highest BCUT2D eigenvalue weighted by molar-refractivity contribution is 6.39. The Hall–Kier alpha value is -2.42. The van der Waals surface area contributed by atoms with E-state index in [-0.39, 0.29) is 5.56 Å². The maximum absolute atomic E-state index is 11.3. The van der Waals surface area contributed by atoms with E-state index in [1.807, 2.05) is 36.4 Å². The Morgan fingerprint density at radius 2 is 1.56 bits per heavy atom. The first kappa shape index (κ1) is 12.0. The van der Waals surface area contributed by atoms with E-state index in [0.717, 1.165) is 11.1 Å². The molecular weight excluding hydrogens is 228 g/mol. The van der Waals surface area contributed by atoms with Crippen LogP contribution in [0.4, 0.5) is 0 Å². The SMILES string of the molecule is O=C(O)C(=O)c1cccc(Cc2ccccc2)c1. The molecule has 1 N–H and O–H groups in total. The summed E-state index contributed by atoms with van der Waals surface area (Å²) in [5.41, 5.74) is 2.27. The number of carboxylic acids is 1. The van der Waals surface area contributed by atoms with E-state index in [4.69, 9.17) is 5.11 Å². The second kappa shape index (κ2) is 5.27. The van der Waals surface area contributed by atoms with Crippen LogP contribution >= 0.6 is 0 Å². The molecule has 0 aromatic heterocycles. The van der Waals surface area contributed by atoms with E-state index in [1.54, 1.807) is 12.1 Å². The number of carbonyl (C=O) groups excluding carboxylic acids is 1. The topological polar surface area (TPSA) is 54.4 Å². The Kier molecular flexibility index (Phi) is 3.53. The van der Waals surface area contributed by atoms with Crippen molar-refractivity contribution < 1.29 is 14.7 Å². The van der Waals surface area contributed by atoms with Gasteiger partial charge in [-0.25, -0.2) is 4.79 Å². The summed E-state index contributed by atoms with van der Waals surface area (Å²) < 4.78 is 0. The lowest BCUT2D eigenvalue weighted by molar-refractivity contribution is -0.131. The van der Waals surface area contributed by atoms with Crippen molar-refractivity contribution >= 4 is 11.8 Å². The molecule has 18 heavy (non-hydrogen) atoms. The molecule has 0 aliphatic carbocycles. The fraction of sp³-hybridized carbons (Fsp3) is 0.0667. The van der Waals surface area contributed by atoms with Crippen molar-refractivity contribution in [2.45, 2.75) is 6.42 Å². The Bertz CT molecular complexity index is 573. The van der Waals surface area contributed by atoms with Gasteiger partial charge in [-0.1, -0.05) is 48.5 Å². The minimum Gasteiger partial charge on any atom is -0.475 e. The van der Waals surface area contributed by atoms with Gasteiger partial charge in [0.25, 0.3) is 5.78 Å². The molecule has 0 radical (unpaired) electrons. The molecule has 0 aliphatic heterocycles. The number of aliphatic carboxylic acids is 1. The van der Waals surface area contributed by atoms with Gasteiger partial charge < -0.3 is 5.11 Å². The number of ketones is 1. The molecule has 90 valence electrons. The quantitative estimate of drug-likeness (QED) is 0.660. The van der Waals surface area contributed by atoms with Crippen LogP contribution in [0.15, 0.2) is 54.6 Å². The second-order valence-corrected chi connectivity index (χ2v) is 4.00. The minimum atomic E-state index is -1.42. The zero-order valence-corrected chi connectivity index (χ0v) is 9.67. The van der Waals surface area contributed by atoms with Crippen molar-refractivity contribution in [2.75, 3.05) is 0 Å². The molecule has 0 unspecified atom stereocenters. The summed E-state index contributed by atoms with van der Waals surface area (Å²) in [4.78, 5) is 22.0. The maximum Gasteiger partial charge on any atom is 0.377 e. The van der Waals surface area contributed by atoms with Crippen LogP contribution in [0.25, 0.3) is 0 Å². The third-order valence-electron chi connectivity index (χ3n) is 2.63. The van der Waals surface area contributed by atoms with Gasteiger partial charge in [-0.3, -0.25) is 4.79 Å². The summed E-state index contributed by atoms with van der Waals surface area (Å²) in [6.45, 7) is 0. The lowest BCUT2D eigenvalue weighted by Crippen LogP contribution is -2.12. The Morgan fingerprint density at radius 1 is 0.889 bits per heavy atom. The van der Waals surface area contributed by atoms with Crippen LogP contribution in [-0.2, 0) is 11.2 Å². The molecule has 0 fully saturated rings. The maximum atomic E-state index is 11.3. The summed E-state index contributed by atoms with van der Waals surface area (Å²) in [5.74, 6) is -2.29. The monoisotopic (exact) mass is 240 g/mol. The lowest BCUT2D eigenvalue weighted by Gasteiger charge is -2.03. The van der Waals surface area contributed by atoms with Crippen molar-refractivity contribution in [2.24, 2.45) is 0 Å². The number of carbonyl (C=O) groups is 2. The Labute approximate surface area is 105 Å². The molecule has 0 heterocycles. The average molecular weight is 240 g/mol. The molecule has 0 spiro atoms. The molecule has 2 aromatic carbocycles. The third-order valence-corrected chi connectivity index (χ3v) is 2.63. The van der Waals surface area contributed by atoms with Crippen molar-refractivity contribution in [1.29, 1.82) is 0 Å². The van der Waals surface area contributed by atoms with E-state index in [0.29, 0.717) is 6.42 Å². The molecule has 2 rings (SSSR count). The molecule has 3 nitrogen and oxygen atoms in total. The summed E-state index contributed by atoms with van der Waals surface area (Å²) in [5, 5.41) is 8.67. The molecule has 0 saturated heterocycles. The summed E-state index contributed by atoms with van der Waals surface area (Å²) >= 11 is 0. The van der Waals surface area contributed by atoms with Crippen LogP contribution in [0, 0.1) is 0 Å². The number of benzene rings is 2. The van der Waals surface area contributed by atoms with Crippen molar-refractivity contribution in [3.05, 3.63) is 71.3 Å². The van der Waals surface area contributed by atoms with Crippen LogP contribution in [-0.4, -0.2) is 16.9 Å². The molecule has 0 aliphatic rings. The van der Waals surface area contributed by atoms with Gasteiger partial charge in [0, 0.05) is 5.56 Å². The van der Waals surface area contributed by atoms with Gasteiger partial charge in [0.15, 0.2) is 0 Å². The van der Waals surface area contributed by atoms with Gasteiger partial charge in [0.05, 0.1) is 0 Å². The number of carboxylic acid groups (broad SMARTS) is 1. The second-order valence-electron chi connectivity index (χ2n) is 4.00. The smallest absolute Gasteiger partial charge is 0.377 e. The molecular formula is C15H12O3. The fourth-order valence-electron chi connectivity index (χ4n) is 1.78.